The Morgan fingerprint density at radius 3 is 2.83 bits per heavy atom. The predicted octanol–water partition coefficient (Wildman–Crippen LogP) is 4.12. The molecule has 2 fully saturated rings. The monoisotopic (exact) mass is 355 g/mol. The molecule has 0 spiro atoms. The number of rotatable bonds is 5. The first-order chi connectivity index (χ1) is 11.2. The Hall–Kier alpha value is -0.840. The molecule has 3 atom stereocenters. The Bertz CT molecular complexity index is 609. The van der Waals surface area contributed by atoms with Crippen molar-refractivity contribution < 1.29 is 14.2 Å². The van der Waals surface area contributed by atoms with Crippen LogP contribution in [0.5, 0.6) is 5.75 Å². The highest BCUT2D eigenvalue weighted by atomic mass is 35.5. The minimum absolute atomic E-state index is 0.161. The molecule has 0 unspecified atom stereocenters. The van der Waals surface area contributed by atoms with E-state index >= 15 is 0 Å². The molecule has 0 aromatic heterocycles. The summed E-state index contributed by atoms with van der Waals surface area (Å²) in [5.74, 6) is 0.0125. The zero-order chi connectivity index (χ0) is 17.5. The van der Waals surface area contributed by atoms with Gasteiger partial charge in [-0.15, -0.1) is 0 Å². The normalized spacial score (nSPS) is 30.3. The van der Waals surface area contributed by atoms with E-state index < -0.39 is 11.9 Å². The molecule has 5 heteroatoms. The maximum Gasteiger partial charge on any atom is 0.138 e. The highest BCUT2D eigenvalue weighted by Crippen LogP contribution is 2.52. The SMILES string of the molecule is CC1(C)C[C@H]2C[C@@](C)(CN2C[C@H](O)COc2ccc(F)cc2Cl)C1. The summed E-state index contributed by atoms with van der Waals surface area (Å²) in [5, 5.41) is 10.6. The quantitative estimate of drug-likeness (QED) is 0.862. The van der Waals surface area contributed by atoms with Gasteiger partial charge in [-0.1, -0.05) is 32.4 Å². The zero-order valence-corrected chi connectivity index (χ0v) is 15.4. The molecule has 0 radical (unpaired) electrons. The van der Waals surface area contributed by atoms with E-state index in [-0.39, 0.29) is 11.6 Å². The maximum atomic E-state index is 13.0. The number of β-amino-alcohol motifs (C(OH)–C–C–N with tert-alkyl or cyclic N) is 1. The van der Waals surface area contributed by atoms with Crippen LogP contribution in [0.4, 0.5) is 4.39 Å². The maximum absolute atomic E-state index is 13.0. The van der Waals surface area contributed by atoms with Gasteiger partial charge in [0.15, 0.2) is 0 Å². The van der Waals surface area contributed by atoms with Crippen LogP contribution in [0.3, 0.4) is 0 Å². The van der Waals surface area contributed by atoms with Crippen LogP contribution in [-0.4, -0.2) is 41.8 Å². The first-order valence-electron chi connectivity index (χ1n) is 8.66. The minimum Gasteiger partial charge on any atom is -0.489 e. The molecule has 1 saturated heterocycles. The molecule has 1 heterocycles. The number of likely N-dealkylation sites (tertiary alicyclic amines) is 1. The summed E-state index contributed by atoms with van der Waals surface area (Å²) in [6, 6.07) is 4.56. The third kappa shape index (κ3) is 4.04. The van der Waals surface area contributed by atoms with Crippen molar-refractivity contribution in [3.63, 3.8) is 0 Å². The third-order valence-corrected chi connectivity index (χ3v) is 5.59. The lowest BCUT2D eigenvalue weighted by molar-refractivity contribution is 0.0585. The molecule has 3 nitrogen and oxygen atoms in total. The second-order valence-corrected chi connectivity index (χ2v) is 9.09. The topological polar surface area (TPSA) is 32.7 Å². The molecule has 1 aromatic carbocycles. The van der Waals surface area contributed by atoms with Gasteiger partial charge < -0.3 is 9.84 Å². The van der Waals surface area contributed by atoms with E-state index in [1.807, 2.05) is 0 Å². The van der Waals surface area contributed by atoms with Crippen molar-refractivity contribution in [2.45, 2.75) is 52.2 Å². The van der Waals surface area contributed by atoms with Crippen LogP contribution in [0.2, 0.25) is 5.02 Å². The van der Waals surface area contributed by atoms with Crippen molar-refractivity contribution in [2.75, 3.05) is 19.7 Å². The molecule has 2 bridgehead atoms. The van der Waals surface area contributed by atoms with E-state index in [1.165, 1.54) is 37.5 Å². The Kier molecular flexibility index (Phi) is 4.84. The van der Waals surface area contributed by atoms with Crippen molar-refractivity contribution >= 4 is 11.6 Å². The Morgan fingerprint density at radius 2 is 2.12 bits per heavy atom. The molecule has 1 saturated carbocycles. The molecule has 134 valence electrons. The summed E-state index contributed by atoms with van der Waals surface area (Å²) in [4.78, 5) is 2.41. The van der Waals surface area contributed by atoms with Crippen LogP contribution in [0, 0.1) is 16.6 Å². The lowest BCUT2D eigenvalue weighted by atomic mass is 9.65. The summed E-state index contributed by atoms with van der Waals surface area (Å²) in [7, 11) is 0. The number of hydrogen-bond acceptors (Lipinski definition) is 3. The van der Waals surface area contributed by atoms with Gasteiger partial charge in [0.2, 0.25) is 0 Å². The van der Waals surface area contributed by atoms with Gasteiger partial charge in [-0.25, -0.2) is 4.39 Å². The number of benzene rings is 1. The average Bonchev–Trinajstić information content (AvgIpc) is 2.66. The highest BCUT2D eigenvalue weighted by molar-refractivity contribution is 6.32. The molecular formula is C19H27ClFNO2. The lowest BCUT2D eigenvalue weighted by Crippen LogP contribution is -2.39. The second kappa shape index (κ2) is 6.47. The average molecular weight is 356 g/mol. The number of aliphatic hydroxyl groups excluding tert-OH is 1. The summed E-state index contributed by atoms with van der Waals surface area (Å²) in [6.45, 7) is 8.86. The van der Waals surface area contributed by atoms with Crippen molar-refractivity contribution in [2.24, 2.45) is 10.8 Å². The Morgan fingerprint density at radius 1 is 1.38 bits per heavy atom. The number of fused-ring (bicyclic) bond motifs is 2. The van der Waals surface area contributed by atoms with Gasteiger partial charge in [0.25, 0.3) is 0 Å². The van der Waals surface area contributed by atoms with Gasteiger partial charge in [0, 0.05) is 19.1 Å². The first-order valence-corrected chi connectivity index (χ1v) is 9.04. The number of hydrogen-bond donors (Lipinski definition) is 1. The van der Waals surface area contributed by atoms with Crippen LogP contribution in [-0.2, 0) is 0 Å². The molecule has 1 aromatic rings. The van der Waals surface area contributed by atoms with Gasteiger partial charge in [-0.3, -0.25) is 4.90 Å². The zero-order valence-electron chi connectivity index (χ0n) is 14.7. The van der Waals surface area contributed by atoms with Gasteiger partial charge >= 0.3 is 0 Å². The van der Waals surface area contributed by atoms with Crippen molar-refractivity contribution in [1.29, 1.82) is 0 Å². The van der Waals surface area contributed by atoms with Gasteiger partial charge in [0.1, 0.15) is 24.3 Å². The van der Waals surface area contributed by atoms with Crippen LogP contribution in [0.15, 0.2) is 18.2 Å². The predicted molar refractivity (Wildman–Crippen MR) is 94.0 cm³/mol. The number of aliphatic hydroxyl groups is 1. The molecule has 3 rings (SSSR count). The largest absolute Gasteiger partial charge is 0.489 e. The summed E-state index contributed by atoms with van der Waals surface area (Å²) in [5.41, 5.74) is 0.725. The smallest absolute Gasteiger partial charge is 0.138 e. The lowest BCUT2D eigenvalue weighted by Gasteiger charge is -2.40. The van der Waals surface area contributed by atoms with Gasteiger partial charge in [-0.2, -0.15) is 0 Å². The summed E-state index contributed by atoms with van der Waals surface area (Å²) < 4.78 is 18.6. The Balaban J connectivity index is 1.55. The number of nitrogens with zero attached hydrogens (tertiary/aromatic N) is 1. The highest BCUT2D eigenvalue weighted by Gasteiger charge is 2.49. The fourth-order valence-corrected chi connectivity index (χ4v) is 5.11. The van der Waals surface area contributed by atoms with Crippen LogP contribution in [0.1, 0.15) is 40.0 Å². The van der Waals surface area contributed by atoms with Gasteiger partial charge in [-0.05, 0) is 48.3 Å². The number of ether oxygens (including phenoxy) is 1. The van der Waals surface area contributed by atoms with E-state index in [0.717, 1.165) is 6.54 Å². The molecule has 1 N–H and O–H groups in total. The van der Waals surface area contributed by atoms with Crippen LogP contribution >= 0.6 is 11.6 Å². The van der Waals surface area contributed by atoms with Gasteiger partial charge in [0.05, 0.1) is 5.02 Å². The molecule has 24 heavy (non-hydrogen) atoms. The standard InChI is InChI=1S/C19H27ClFNO2/c1-18(2)7-14-8-19(3,11-18)12-22(14)9-15(23)10-24-17-5-4-13(21)6-16(17)20/h4-6,14-15,23H,7-12H2,1-3H3/t14-,15-,19+/m0/s1. The van der Waals surface area contributed by atoms with Crippen molar-refractivity contribution in [1.82, 2.24) is 4.90 Å². The summed E-state index contributed by atoms with van der Waals surface area (Å²) >= 11 is 5.95. The molecule has 2 aliphatic rings. The summed E-state index contributed by atoms with van der Waals surface area (Å²) in [6.07, 6.45) is 3.05. The van der Waals surface area contributed by atoms with E-state index in [1.54, 1.807) is 0 Å². The molecule has 0 amide bonds. The molecular weight excluding hydrogens is 329 g/mol. The van der Waals surface area contributed by atoms with E-state index in [2.05, 4.69) is 25.7 Å². The van der Waals surface area contributed by atoms with E-state index in [0.29, 0.717) is 29.2 Å². The fourth-order valence-electron chi connectivity index (χ4n) is 4.89. The fraction of sp³-hybridized carbons (Fsp3) is 0.684. The van der Waals surface area contributed by atoms with E-state index in [4.69, 9.17) is 16.3 Å². The number of halogens is 2. The first kappa shape index (κ1) is 18.0. The third-order valence-electron chi connectivity index (χ3n) is 5.29. The van der Waals surface area contributed by atoms with Crippen molar-refractivity contribution in [3.8, 4) is 5.75 Å². The van der Waals surface area contributed by atoms with Crippen molar-refractivity contribution in [3.05, 3.63) is 29.0 Å². The molecule has 1 aliphatic carbocycles. The van der Waals surface area contributed by atoms with Crippen LogP contribution in [0.25, 0.3) is 0 Å². The molecule has 1 aliphatic heterocycles. The van der Waals surface area contributed by atoms with Crippen LogP contribution < -0.4 is 4.74 Å². The minimum atomic E-state index is -0.586. The van der Waals surface area contributed by atoms with E-state index in [9.17, 15) is 9.50 Å². The Labute approximate surface area is 148 Å². The second-order valence-electron chi connectivity index (χ2n) is 8.68.